The minimum absolute atomic E-state index is 0.655. The van der Waals surface area contributed by atoms with Crippen LogP contribution < -0.4 is 5.32 Å². The van der Waals surface area contributed by atoms with Crippen LogP contribution >= 0.6 is 27.5 Å². The second-order valence-corrected chi connectivity index (χ2v) is 5.27. The fraction of sp³-hybridized carbons (Fsp3) is 0.308. The molecule has 0 amide bonds. The number of halogens is 2. The Bertz CT molecular complexity index is 527. The molecule has 0 bridgehead atoms. The maximum atomic E-state index is 6.17. The number of aryl methyl sites for hydroxylation is 1. The number of aromatic nitrogens is 1. The summed E-state index contributed by atoms with van der Waals surface area (Å²) in [6.45, 7) is 0.955. The minimum Gasteiger partial charge on any atom is -0.441 e. The summed E-state index contributed by atoms with van der Waals surface area (Å²) in [5.41, 5.74) is 0.868. The second kappa shape index (κ2) is 6.36. The molecule has 0 atom stereocenters. The molecule has 0 saturated heterocycles. The van der Waals surface area contributed by atoms with Crippen molar-refractivity contribution in [3.8, 4) is 11.3 Å². The highest BCUT2D eigenvalue weighted by Gasteiger charge is 2.10. The Morgan fingerprint density at radius 3 is 3.00 bits per heavy atom. The fourth-order valence-electron chi connectivity index (χ4n) is 1.66. The summed E-state index contributed by atoms with van der Waals surface area (Å²) in [5.74, 6) is 1.46. The van der Waals surface area contributed by atoms with Gasteiger partial charge in [0.05, 0.1) is 11.2 Å². The summed E-state index contributed by atoms with van der Waals surface area (Å²) < 4.78 is 6.65. The Labute approximate surface area is 120 Å². The summed E-state index contributed by atoms with van der Waals surface area (Å²) in [7, 11) is 1.93. The number of nitrogens with zero attached hydrogens (tertiary/aromatic N) is 1. The monoisotopic (exact) mass is 328 g/mol. The van der Waals surface area contributed by atoms with Crippen molar-refractivity contribution in [2.24, 2.45) is 0 Å². The molecule has 0 aliphatic rings. The fourth-order valence-corrected chi connectivity index (χ4v) is 2.42. The quantitative estimate of drug-likeness (QED) is 0.845. The normalized spacial score (nSPS) is 10.8. The van der Waals surface area contributed by atoms with Crippen molar-refractivity contribution in [2.75, 3.05) is 13.6 Å². The lowest BCUT2D eigenvalue weighted by molar-refractivity contribution is 0.495. The molecule has 0 saturated carbocycles. The Morgan fingerprint density at radius 2 is 2.28 bits per heavy atom. The lowest BCUT2D eigenvalue weighted by Gasteiger charge is -2.00. The van der Waals surface area contributed by atoms with Crippen LogP contribution in [0.15, 0.2) is 33.3 Å². The van der Waals surface area contributed by atoms with E-state index in [4.69, 9.17) is 16.0 Å². The van der Waals surface area contributed by atoms with Crippen LogP contribution in [-0.2, 0) is 6.42 Å². The van der Waals surface area contributed by atoms with Gasteiger partial charge in [-0.3, -0.25) is 0 Å². The number of nitrogens with one attached hydrogen (secondary N) is 1. The van der Waals surface area contributed by atoms with Gasteiger partial charge in [-0.25, -0.2) is 4.98 Å². The van der Waals surface area contributed by atoms with Crippen LogP contribution in [-0.4, -0.2) is 18.6 Å². The Hall–Kier alpha value is -0.840. The average molecular weight is 330 g/mol. The Balaban J connectivity index is 2.13. The second-order valence-electron chi connectivity index (χ2n) is 3.95. The van der Waals surface area contributed by atoms with Gasteiger partial charge in [-0.05, 0) is 38.2 Å². The largest absolute Gasteiger partial charge is 0.441 e. The molecule has 3 nitrogen and oxygen atoms in total. The summed E-state index contributed by atoms with van der Waals surface area (Å²) in [6, 6.07) is 5.70. The Morgan fingerprint density at radius 1 is 1.44 bits per heavy atom. The number of oxazole rings is 1. The van der Waals surface area contributed by atoms with Crippen LogP contribution in [0.4, 0.5) is 0 Å². The summed E-state index contributed by atoms with van der Waals surface area (Å²) in [4.78, 5) is 4.26. The molecule has 2 aromatic rings. The highest BCUT2D eigenvalue weighted by atomic mass is 79.9. The zero-order chi connectivity index (χ0) is 13.0. The van der Waals surface area contributed by atoms with Crippen LogP contribution in [0.2, 0.25) is 5.02 Å². The van der Waals surface area contributed by atoms with E-state index < -0.39 is 0 Å². The number of hydrogen-bond acceptors (Lipinski definition) is 3. The molecular formula is C13H14BrClN2O. The molecule has 2 rings (SSSR count). The van der Waals surface area contributed by atoms with Gasteiger partial charge in [0.15, 0.2) is 11.7 Å². The maximum Gasteiger partial charge on any atom is 0.194 e. The van der Waals surface area contributed by atoms with Crippen molar-refractivity contribution in [3.63, 3.8) is 0 Å². The number of rotatable bonds is 5. The summed E-state index contributed by atoms with van der Waals surface area (Å²) in [6.07, 6.45) is 3.56. The molecule has 18 heavy (non-hydrogen) atoms. The first kappa shape index (κ1) is 13.6. The standard InChI is InChI=1S/C13H14BrClN2O/c1-16-6-2-3-13-17-8-12(18-13)10-5-4-9(14)7-11(10)15/h4-5,7-8,16H,2-3,6H2,1H3. The van der Waals surface area contributed by atoms with E-state index in [0.29, 0.717) is 10.8 Å². The summed E-state index contributed by atoms with van der Waals surface area (Å²) >= 11 is 9.55. The maximum absolute atomic E-state index is 6.17. The van der Waals surface area contributed by atoms with Crippen LogP contribution in [0.1, 0.15) is 12.3 Å². The van der Waals surface area contributed by atoms with E-state index in [1.807, 2.05) is 25.2 Å². The zero-order valence-electron chi connectivity index (χ0n) is 10.0. The third-order valence-corrected chi connectivity index (χ3v) is 3.37. The van der Waals surface area contributed by atoms with Crippen LogP contribution in [0.3, 0.4) is 0 Å². The van der Waals surface area contributed by atoms with Crippen LogP contribution in [0.25, 0.3) is 11.3 Å². The third-order valence-electron chi connectivity index (χ3n) is 2.57. The molecule has 96 valence electrons. The van der Waals surface area contributed by atoms with Crippen LogP contribution in [0, 0.1) is 0 Å². The van der Waals surface area contributed by atoms with E-state index in [1.54, 1.807) is 6.20 Å². The van der Waals surface area contributed by atoms with Gasteiger partial charge in [0, 0.05) is 16.5 Å². The molecule has 0 aliphatic heterocycles. The van der Waals surface area contributed by atoms with Gasteiger partial charge < -0.3 is 9.73 Å². The molecule has 1 aromatic carbocycles. The van der Waals surface area contributed by atoms with Crippen molar-refractivity contribution in [3.05, 3.63) is 39.8 Å². The molecule has 0 radical (unpaired) electrons. The zero-order valence-corrected chi connectivity index (χ0v) is 12.4. The SMILES string of the molecule is CNCCCc1ncc(-c2ccc(Br)cc2Cl)o1. The van der Waals surface area contributed by atoms with Gasteiger partial charge >= 0.3 is 0 Å². The predicted molar refractivity (Wildman–Crippen MR) is 76.9 cm³/mol. The lowest BCUT2D eigenvalue weighted by Crippen LogP contribution is -2.08. The van der Waals surface area contributed by atoms with Crippen LogP contribution in [0.5, 0.6) is 0 Å². The van der Waals surface area contributed by atoms with Crippen molar-refractivity contribution in [2.45, 2.75) is 12.8 Å². The smallest absolute Gasteiger partial charge is 0.194 e. The molecule has 1 heterocycles. The number of benzene rings is 1. The van der Waals surface area contributed by atoms with Crippen molar-refractivity contribution < 1.29 is 4.42 Å². The predicted octanol–water partition coefficient (Wildman–Crippen LogP) is 3.91. The molecule has 1 N–H and O–H groups in total. The molecular weight excluding hydrogens is 316 g/mol. The molecule has 0 fully saturated rings. The summed E-state index contributed by atoms with van der Waals surface area (Å²) in [5, 5.41) is 3.75. The molecule has 5 heteroatoms. The van der Waals surface area contributed by atoms with Gasteiger partial charge in [-0.1, -0.05) is 27.5 Å². The molecule has 1 aromatic heterocycles. The van der Waals surface area contributed by atoms with Crippen molar-refractivity contribution in [1.82, 2.24) is 10.3 Å². The first-order valence-corrected chi connectivity index (χ1v) is 6.92. The van der Waals surface area contributed by atoms with Crippen molar-refractivity contribution >= 4 is 27.5 Å². The lowest BCUT2D eigenvalue weighted by atomic mass is 10.2. The number of hydrogen-bond donors (Lipinski definition) is 1. The highest BCUT2D eigenvalue weighted by molar-refractivity contribution is 9.10. The van der Waals surface area contributed by atoms with Gasteiger partial charge in [0.1, 0.15) is 0 Å². The Kier molecular flexibility index (Phi) is 4.80. The average Bonchev–Trinajstić information content (AvgIpc) is 2.78. The minimum atomic E-state index is 0.655. The topological polar surface area (TPSA) is 38.1 Å². The van der Waals surface area contributed by atoms with E-state index in [2.05, 4.69) is 26.2 Å². The highest BCUT2D eigenvalue weighted by Crippen LogP contribution is 2.30. The van der Waals surface area contributed by atoms with Gasteiger partial charge in [0.2, 0.25) is 0 Å². The van der Waals surface area contributed by atoms with E-state index in [-0.39, 0.29) is 0 Å². The van der Waals surface area contributed by atoms with Gasteiger partial charge in [0.25, 0.3) is 0 Å². The first-order chi connectivity index (χ1) is 8.70. The third kappa shape index (κ3) is 3.34. The van der Waals surface area contributed by atoms with E-state index in [9.17, 15) is 0 Å². The van der Waals surface area contributed by atoms with E-state index in [0.717, 1.165) is 35.3 Å². The first-order valence-electron chi connectivity index (χ1n) is 5.75. The molecule has 0 aliphatic carbocycles. The van der Waals surface area contributed by atoms with Gasteiger partial charge in [-0.2, -0.15) is 0 Å². The van der Waals surface area contributed by atoms with Gasteiger partial charge in [-0.15, -0.1) is 0 Å². The van der Waals surface area contributed by atoms with E-state index in [1.165, 1.54) is 0 Å². The molecule has 0 unspecified atom stereocenters. The van der Waals surface area contributed by atoms with E-state index >= 15 is 0 Å². The molecule has 0 spiro atoms. The van der Waals surface area contributed by atoms with Crippen molar-refractivity contribution in [1.29, 1.82) is 0 Å².